The number of rotatable bonds is 18. The molecular formula is C49H70N18O9. The minimum absolute atomic E-state index is 0.0266. The van der Waals surface area contributed by atoms with Gasteiger partial charge in [-0.25, -0.2) is 0 Å². The third kappa shape index (κ3) is 19.9. The maximum absolute atomic E-state index is 14.6. The maximum atomic E-state index is 14.6. The van der Waals surface area contributed by atoms with E-state index < -0.39 is 95.5 Å². The summed E-state index contributed by atoms with van der Waals surface area (Å²) in [5, 5.41) is 31.4. The molecule has 4 rings (SSSR count). The van der Waals surface area contributed by atoms with E-state index in [2.05, 4.69) is 57.5 Å². The Morgan fingerprint density at radius 1 is 0.737 bits per heavy atom. The van der Waals surface area contributed by atoms with Gasteiger partial charge in [0.15, 0.2) is 11.9 Å². The second kappa shape index (κ2) is 30.4. The third-order valence-corrected chi connectivity index (χ3v) is 12.1. The van der Waals surface area contributed by atoms with Gasteiger partial charge in [-0.1, -0.05) is 30.3 Å². The summed E-state index contributed by atoms with van der Waals surface area (Å²) in [4.78, 5) is 135. The fourth-order valence-electron chi connectivity index (χ4n) is 8.20. The number of hydrogen-bond acceptors (Lipinski definition) is 13. The lowest BCUT2D eigenvalue weighted by molar-refractivity contribution is -0.136. The van der Waals surface area contributed by atoms with Crippen molar-refractivity contribution in [1.29, 1.82) is 5.26 Å². The number of H-pyrrole nitrogens is 1. The summed E-state index contributed by atoms with van der Waals surface area (Å²) in [5.41, 5.74) is 35.8. The first kappa shape index (κ1) is 59.8. The normalized spacial score (nSPS) is 20.9. The number of aromatic amines is 1. The predicted molar refractivity (Wildman–Crippen MR) is 280 cm³/mol. The van der Waals surface area contributed by atoms with Gasteiger partial charge in [0, 0.05) is 62.9 Å². The van der Waals surface area contributed by atoms with Crippen molar-refractivity contribution in [3.8, 4) is 6.07 Å². The van der Waals surface area contributed by atoms with Gasteiger partial charge in [-0.15, -0.1) is 0 Å². The van der Waals surface area contributed by atoms with Crippen LogP contribution in [0.1, 0.15) is 81.4 Å². The van der Waals surface area contributed by atoms with E-state index in [0.717, 1.165) is 10.9 Å². The Morgan fingerprint density at radius 2 is 1.33 bits per heavy atom. The molecule has 2 aromatic carbocycles. The van der Waals surface area contributed by atoms with Crippen molar-refractivity contribution >= 4 is 76.0 Å². The van der Waals surface area contributed by atoms with Gasteiger partial charge >= 0.3 is 0 Å². The summed E-state index contributed by atoms with van der Waals surface area (Å²) in [6.07, 6.45) is 0.857. The molecule has 0 bridgehead atoms. The van der Waals surface area contributed by atoms with Gasteiger partial charge in [-0.3, -0.25) is 53.1 Å². The molecular weight excluding hydrogens is 985 g/mol. The summed E-state index contributed by atoms with van der Waals surface area (Å²) in [7, 11) is 0. The largest absolute Gasteiger partial charge is 0.370 e. The van der Waals surface area contributed by atoms with Gasteiger partial charge < -0.3 is 81.9 Å². The second-order valence-electron chi connectivity index (χ2n) is 18.1. The van der Waals surface area contributed by atoms with Crippen LogP contribution in [0.5, 0.6) is 0 Å². The minimum atomic E-state index is -1.50. The first-order valence-electron chi connectivity index (χ1n) is 24.8. The highest BCUT2D eigenvalue weighted by Crippen LogP contribution is 2.20. The molecule has 1 fully saturated rings. The predicted octanol–water partition coefficient (Wildman–Crippen LogP) is -4.13. The SMILES string of the molecule is CC(=O)N[C@@H](CCCN=C(N)N)C(=O)NC1CCC(=O)NCCC[C@@H](C(N)=O)NC(=O)[C@H](Cc2c[nH]c3ccccc23)NC(=O)[C@H](CCCN=C(N)N)NC(=O)[C@@H](Cc2ccc(C#N)cc2)NC(=O)[C@H](CCN)NC1=O. The Bertz CT molecular complexity index is 2620. The molecule has 1 aliphatic heterocycles. The summed E-state index contributed by atoms with van der Waals surface area (Å²) >= 11 is 0. The molecule has 0 saturated carbocycles. The van der Waals surface area contributed by atoms with Crippen LogP contribution in [-0.4, -0.2) is 139 Å². The molecule has 3 aromatic rings. The molecule has 76 heavy (non-hydrogen) atoms. The number of carbonyl (C=O) groups excluding carboxylic acids is 9. The van der Waals surface area contributed by atoms with Gasteiger partial charge in [0.1, 0.15) is 42.3 Å². The van der Waals surface area contributed by atoms with Crippen LogP contribution in [0.4, 0.5) is 0 Å². The van der Waals surface area contributed by atoms with Crippen molar-refractivity contribution in [2.24, 2.45) is 44.4 Å². The smallest absolute Gasteiger partial charge is 0.243 e. The van der Waals surface area contributed by atoms with E-state index in [0.29, 0.717) is 16.7 Å². The van der Waals surface area contributed by atoms with Crippen molar-refractivity contribution in [2.75, 3.05) is 26.2 Å². The van der Waals surface area contributed by atoms with Crippen LogP contribution in [0.25, 0.3) is 10.9 Å². The molecule has 0 spiro atoms. The number of primary amides is 1. The van der Waals surface area contributed by atoms with E-state index in [9.17, 15) is 48.4 Å². The Morgan fingerprint density at radius 3 is 1.96 bits per heavy atom. The van der Waals surface area contributed by atoms with Crippen molar-refractivity contribution in [2.45, 2.75) is 120 Å². The van der Waals surface area contributed by atoms with Gasteiger partial charge in [0.25, 0.3) is 0 Å². The number of hydrogen-bond donors (Lipinski definition) is 15. The summed E-state index contributed by atoms with van der Waals surface area (Å²) in [6.45, 7) is 1.15. The minimum Gasteiger partial charge on any atom is -0.370 e. The van der Waals surface area contributed by atoms with E-state index in [1.807, 2.05) is 24.3 Å². The van der Waals surface area contributed by atoms with E-state index in [4.69, 9.17) is 34.4 Å². The van der Waals surface area contributed by atoms with E-state index in [-0.39, 0.29) is 109 Å². The first-order valence-corrected chi connectivity index (χ1v) is 24.8. The standard InChI is InChI=1S/C49H70N18O9/c1-27(68)61-34(10-5-21-58-48(53)54)42(71)64-36-16-17-40(69)57-20-4-9-33(41(52)70)62-47(76)39(24-30-26-60-32-8-3-2-7-31(30)32)67-43(72)35(11-6-22-59-49(55)56)63-46(75)38(23-28-12-14-29(25-51)15-13-28)66-45(74)37(18-19-50)65-44(36)73/h2-3,7-8,12-15,26,33-39,60H,4-6,9-11,16-24,50H2,1H3,(H2,52,70)(H,57,69)(H,61,68)(H,62,76)(H,63,75)(H,64,71)(H,65,73)(H,66,74)(H,67,72)(H4,53,54,58)(H4,55,56,59)/t33-,34-,35-,36?,37-,38+,39-/m0/s1. The molecule has 1 saturated heterocycles. The van der Waals surface area contributed by atoms with Crippen molar-refractivity contribution in [3.63, 3.8) is 0 Å². The number of aliphatic imine (C=N–C) groups is 2. The number of guanidine groups is 2. The second-order valence-corrected chi connectivity index (χ2v) is 18.1. The van der Waals surface area contributed by atoms with Crippen molar-refractivity contribution in [3.05, 3.63) is 71.4 Å². The molecule has 7 atom stereocenters. The number of carbonyl (C=O) groups is 9. The monoisotopic (exact) mass is 1050 g/mol. The van der Waals surface area contributed by atoms with E-state index in [1.54, 1.807) is 24.4 Å². The van der Waals surface area contributed by atoms with Crippen molar-refractivity contribution < 1.29 is 43.2 Å². The number of nitrogens with one attached hydrogen (secondary N) is 9. The van der Waals surface area contributed by atoms with Gasteiger partial charge in [0.05, 0.1) is 11.6 Å². The number of para-hydroxylation sites is 1. The number of aromatic nitrogens is 1. The summed E-state index contributed by atoms with van der Waals surface area (Å²) in [6, 6.07) is 5.72. The third-order valence-electron chi connectivity index (χ3n) is 12.1. The molecule has 410 valence electrons. The molecule has 27 heteroatoms. The maximum Gasteiger partial charge on any atom is 0.243 e. The number of benzene rings is 2. The molecule has 21 N–H and O–H groups in total. The Hall–Kier alpha value is -8.80. The van der Waals surface area contributed by atoms with Crippen LogP contribution in [-0.2, 0) is 56.0 Å². The highest BCUT2D eigenvalue weighted by Gasteiger charge is 2.35. The fraction of sp³-hybridized carbons (Fsp3) is 0.469. The lowest BCUT2D eigenvalue weighted by atomic mass is 10.0. The quantitative estimate of drug-likeness (QED) is 0.0327. The lowest BCUT2D eigenvalue weighted by Crippen LogP contribution is -2.60. The Kier molecular flexibility index (Phi) is 23.9. The number of nitrogens with two attached hydrogens (primary N) is 6. The number of fused-ring (bicyclic) bond motifs is 1. The average molecular weight is 1060 g/mol. The molecule has 1 aromatic heterocycles. The molecule has 27 nitrogen and oxygen atoms in total. The van der Waals surface area contributed by atoms with Gasteiger partial charge in [0.2, 0.25) is 53.2 Å². The van der Waals surface area contributed by atoms with Gasteiger partial charge in [-0.05, 0) is 87.2 Å². The first-order chi connectivity index (χ1) is 36.3. The van der Waals surface area contributed by atoms with Crippen LogP contribution in [0.3, 0.4) is 0 Å². The van der Waals surface area contributed by atoms with Crippen LogP contribution in [0, 0.1) is 11.3 Å². The van der Waals surface area contributed by atoms with Crippen molar-refractivity contribution in [1.82, 2.24) is 47.5 Å². The highest BCUT2D eigenvalue weighted by molar-refractivity contribution is 5.98. The Balaban J connectivity index is 1.78. The molecule has 2 heterocycles. The zero-order chi connectivity index (χ0) is 55.7. The van der Waals surface area contributed by atoms with Crippen LogP contribution >= 0.6 is 0 Å². The molecule has 0 aliphatic carbocycles. The zero-order valence-electron chi connectivity index (χ0n) is 42.3. The fourth-order valence-corrected chi connectivity index (χ4v) is 8.20. The number of amides is 9. The highest BCUT2D eigenvalue weighted by atomic mass is 16.2. The van der Waals surface area contributed by atoms with Crippen LogP contribution in [0.2, 0.25) is 0 Å². The Labute approximate surface area is 438 Å². The van der Waals surface area contributed by atoms with Crippen LogP contribution in [0.15, 0.2) is 64.7 Å². The van der Waals surface area contributed by atoms with Gasteiger partial charge in [-0.2, -0.15) is 5.26 Å². The number of nitrogens with zero attached hydrogens (tertiary/aromatic N) is 3. The zero-order valence-corrected chi connectivity index (χ0v) is 42.3. The molecule has 1 unspecified atom stereocenters. The van der Waals surface area contributed by atoms with Crippen LogP contribution < -0.4 is 76.9 Å². The average Bonchev–Trinajstić information content (AvgIpc) is 3.78. The lowest BCUT2D eigenvalue weighted by Gasteiger charge is -2.28. The summed E-state index contributed by atoms with van der Waals surface area (Å²) < 4.78 is 0. The van der Waals surface area contributed by atoms with E-state index >= 15 is 0 Å². The number of nitriles is 1. The topological polar surface area (TPSA) is 470 Å². The molecule has 0 radical (unpaired) electrons. The molecule has 1 aliphatic rings. The van der Waals surface area contributed by atoms with E-state index in [1.165, 1.54) is 19.1 Å². The summed E-state index contributed by atoms with van der Waals surface area (Å²) in [5.74, 6) is -7.63. The molecule has 9 amide bonds.